The van der Waals surface area contributed by atoms with Crippen LogP contribution in [-0.4, -0.2) is 4.40 Å². The minimum Gasteiger partial charge on any atom is -0.308 e. The second-order valence-electron chi connectivity index (χ2n) is 14.1. The first kappa shape index (κ1) is 26.5. The van der Waals surface area contributed by atoms with Crippen LogP contribution in [0.5, 0.6) is 0 Å². The van der Waals surface area contributed by atoms with Crippen LogP contribution in [0.15, 0.2) is 54.1 Å². The van der Waals surface area contributed by atoms with Crippen molar-refractivity contribution in [3.63, 3.8) is 0 Å². The molecule has 0 bridgehead atoms. The molecule has 3 aliphatic rings. The summed E-state index contributed by atoms with van der Waals surface area (Å²) in [5.41, 5.74) is 16.4. The maximum Gasteiger partial charge on any atom is 0.0998 e. The largest absolute Gasteiger partial charge is 0.308 e. The molecule has 3 heteroatoms. The number of fused-ring (bicyclic) bond motifs is 14. The van der Waals surface area contributed by atoms with Gasteiger partial charge in [0.1, 0.15) is 0 Å². The van der Waals surface area contributed by atoms with Crippen molar-refractivity contribution in [3.05, 3.63) is 98.6 Å². The van der Waals surface area contributed by atoms with Crippen molar-refractivity contribution in [1.82, 2.24) is 4.40 Å². The summed E-state index contributed by atoms with van der Waals surface area (Å²) < 4.78 is 2.43. The molecule has 1 unspecified atom stereocenters. The lowest BCUT2D eigenvalue weighted by molar-refractivity contribution is 0.621. The third-order valence-electron chi connectivity index (χ3n) is 11.4. The zero-order chi connectivity index (χ0) is 30.8. The van der Waals surface area contributed by atoms with Crippen LogP contribution < -0.4 is 0 Å². The van der Waals surface area contributed by atoms with Gasteiger partial charge in [0.25, 0.3) is 0 Å². The predicted octanol–water partition coefficient (Wildman–Crippen LogP) is 10.9. The van der Waals surface area contributed by atoms with Gasteiger partial charge in [-0.15, -0.1) is 0 Å². The first-order chi connectivity index (χ1) is 21.9. The van der Waals surface area contributed by atoms with Gasteiger partial charge in [-0.2, -0.15) is 10.5 Å². The summed E-state index contributed by atoms with van der Waals surface area (Å²) in [4.78, 5) is 0. The van der Waals surface area contributed by atoms with Gasteiger partial charge >= 0.3 is 0 Å². The summed E-state index contributed by atoms with van der Waals surface area (Å²) in [5.74, 6) is 0.361. The fourth-order valence-corrected chi connectivity index (χ4v) is 9.34. The molecule has 0 N–H and O–H groups in total. The minimum absolute atomic E-state index is 0.156. The van der Waals surface area contributed by atoms with E-state index >= 15 is 0 Å². The quantitative estimate of drug-likeness (QED) is 0.194. The minimum atomic E-state index is -0.156. The number of rotatable bonds is 1. The molecule has 218 valence electrons. The molecule has 0 saturated heterocycles. The van der Waals surface area contributed by atoms with E-state index in [0.29, 0.717) is 5.92 Å². The normalized spacial score (nSPS) is 18.3. The predicted molar refractivity (Wildman–Crippen MR) is 186 cm³/mol. The van der Waals surface area contributed by atoms with Crippen molar-refractivity contribution in [1.29, 1.82) is 10.5 Å². The molecule has 0 spiro atoms. The first-order valence-electron chi connectivity index (χ1n) is 16.6. The smallest absolute Gasteiger partial charge is 0.0998 e. The molecule has 9 rings (SSSR count). The van der Waals surface area contributed by atoms with E-state index < -0.39 is 0 Å². The molecule has 0 amide bonds. The average molecular weight is 582 g/mol. The van der Waals surface area contributed by atoms with Crippen LogP contribution >= 0.6 is 0 Å². The first-order valence-corrected chi connectivity index (χ1v) is 16.6. The Hall–Kier alpha value is -4.86. The third-order valence-corrected chi connectivity index (χ3v) is 11.4. The van der Waals surface area contributed by atoms with Crippen molar-refractivity contribution in [2.75, 3.05) is 0 Å². The number of benzene rings is 4. The van der Waals surface area contributed by atoms with Crippen molar-refractivity contribution in [3.8, 4) is 23.3 Å². The third kappa shape index (κ3) is 3.24. The van der Waals surface area contributed by atoms with E-state index in [0.717, 1.165) is 66.2 Å². The molecule has 3 aliphatic carbocycles. The highest BCUT2D eigenvalue weighted by Crippen LogP contribution is 2.57. The van der Waals surface area contributed by atoms with Crippen LogP contribution in [0, 0.1) is 22.7 Å². The Morgan fingerprint density at radius 3 is 2.49 bits per heavy atom. The van der Waals surface area contributed by atoms with Crippen molar-refractivity contribution >= 4 is 50.2 Å². The Labute approximate surface area is 264 Å². The molecule has 0 radical (unpaired) electrons. The summed E-state index contributed by atoms with van der Waals surface area (Å²) in [6.07, 6.45) is 13.0. The number of nitrogens with zero attached hydrogens (tertiary/aromatic N) is 3. The van der Waals surface area contributed by atoms with Gasteiger partial charge in [0.05, 0.1) is 39.8 Å². The lowest BCUT2D eigenvalue weighted by atomic mass is 9.80. The fraction of sp³-hybridized carbons (Fsp3) is 0.286. The molecule has 45 heavy (non-hydrogen) atoms. The van der Waals surface area contributed by atoms with Crippen LogP contribution in [0.4, 0.5) is 0 Å². The standard InChI is InChI=1S/C42H35N3/c1-5-24-12-6-7-13-28-26(22-44)19-35-39(36(24)28)40-38-29-14-8-9-16-32(29)42(3,4)33(38)20-31-37-30-17-23(2)11-10-15-27(30)25(21-43)18-34(37)45(35)41(31)40/h7-9,13-14,16-20,24H,5-6,10-12,15H2,1-4H3. The lowest BCUT2D eigenvalue weighted by Gasteiger charge is -2.22. The van der Waals surface area contributed by atoms with E-state index in [1.807, 2.05) is 0 Å². The molecule has 2 heterocycles. The van der Waals surface area contributed by atoms with Gasteiger partial charge in [0.2, 0.25) is 0 Å². The van der Waals surface area contributed by atoms with Gasteiger partial charge in [-0.3, -0.25) is 0 Å². The molecule has 4 aromatic carbocycles. The van der Waals surface area contributed by atoms with Crippen LogP contribution in [-0.2, 0) is 11.8 Å². The highest BCUT2D eigenvalue weighted by Gasteiger charge is 2.40. The summed E-state index contributed by atoms with van der Waals surface area (Å²) in [6.45, 7) is 9.28. The van der Waals surface area contributed by atoms with E-state index in [4.69, 9.17) is 0 Å². The van der Waals surface area contributed by atoms with E-state index in [1.165, 1.54) is 71.6 Å². The molecule has 0 saturated carbocycles. The van der Waals surface area contributed by atoms with Gasteiger partial charge in [-0.25, -0.2) is 0 Å². The molecular weight excluding hydrogens is 546 g/mol. The lowest BCUT2D eigenvalue weighted by Crippen LogP contribution is -2.14. The molecule has 0 aliphatic heterocycles. The van der Waals surface area contributed by atoms with Gasteiger partial charge in [0.15, 0.2) is 0 Å². The monoisotopic (exact) mass is 581 g/mol. The maximum atomic E-state index is 10.6. The zero-order valence-electron chi connectivity index (χ0n) is 26.4. The Morgan fingerprint density at radius 2 is 1.69 bits per heavy atom. The fourth-order valence-electron chi connectivity index (χ4n) is 9.34. The highest BCUT2D eigenvalue weighted by molar-refractivity contribution is 6.30. The maximum absolute atomic E-state index is 10.6. The van der Waals surface area contributed by atoms with E-state index in [2.05, 4.69) is 105 Å². The highest BCUT2D eigenvalue weighted by atomic mass is 14.9. The molecule has 6 aromatic rings. The Bertz CT molecular complexity index is 2450. The Kier molecular flexibility index (Phi) is 5.36. The van der Waals surface area contributed by atoms with Crippen LogP contribution in [0.2, 0.25) is 0 Å². The van der Waals surface area contributed by atoms with Gasteiger partial charge in [0, 0.05) is 27.0 Å². The van der Waals surface area contributed by atoms with Gasteiger partial charge in [-0.05, 0) is 114 Å². The summed E-state index contributed by atoms with van der Waals surface area (Å²) in [7, 11) is 0. The van der Waals surface area contributed by atoms with Crippen LogP contribution in [0.25, 0.3) is 61.4 Å². The Morgan fingerprint density at radius 1 is 0.911 bits per heavy atom. The molecular formula is C42H35N3. The van der Waals surface area contributed by atoms with E-state index in [1.54, 1.807) is 0 Å². The molecule has 0 fully saturated rings. The van der Waals surface area contributed by atoms with E-state index in [9.17, 15) is 10.5 Å². The van der Waals surface area contributed by atoms with Crippen molar-refractivity contribution in [2.24, 2.45) is 0 Å². The van der Waals surface area contributed by atoms with Crippen molar-refractivity contribution < 1.29 is 0 Å². The van der Waals surface area contributed by atoms with Crippen LogP contribution in [0.3, 0.4) is 0 Å². The number of nitriles is 2. The summed E-state index contributed by atoms with van der Waals surface area (Å²) in [5, 5.41) is 26.2. The number of hydrogen-bond acceptors (Lipinski definition) is 2. The second kappa shape index (κ2) is 9.09. The number of aromatic nitrogens is 1. The number of hydrogen-bond donors (Lipinski definition) is 0. The molecule has 3 nitrogen and oxygen atoms in total. The topological polar surface area (TPSA) is 52.0 Å². The SMILES string of the molecule is CCC1CCC=Cc2c(C#N)cc3c(c21)c1c2c(cc4c5c6c(c(C#N)cc5n3c41)CCCC(C)=C6)C(C)(C)c1ccccc1-2. The molecule has 2 aromatic heterocycles. The van der Waals surface area contributed by atoms with Crippen LogP contribution in [0.1, 0.15) is 110 Å². The molecule has 1 atom stereocenters. The van der Waals surface area contributed by atoms with Gasteiger partial charge < -0.3 is 4.40 Å². The van der Waals surface area contributed by atoms with Crippen molar-refractivity contribution in [2.45, 2.75) is 77.6 Å². The van der Waals surface area contributed by atoms with E-state index in [-0.39, 0.29) is 5.41 Å². The Balaban J connectivity index is 1.63. The average Bonchev–Trinajstić information content (AvgIpc) is 3.47. The number of allylic oxidation sites excluding steroid dienone is 2. The second-order valence-corrected chi connectivity index (χ2v) is 14.1. The summed E-state index contributed by atoms with van der Waals surface area (Å²) in [6, 6.07) is 20.9. The van der Waals surface area contributed by atoms with Gasteiger partial charge in [-0.1, -0.05) is 68.8 Å². The zero-order valence-corrected chi connectivity index (χ0v) is 26.4. The summed E-state index contributed by atoms with van der Waals surface area (Å²) >= 11 is 0.